The predicted octanol–water partition coefficient (Wildman–Crippen LogP) is 3.12. The zero-order chi connectivity index (χ0) is 19.1. The molecule has 1 aliphatic rings. The number of carbonyl (C=O) groups excluding carboxylic acids is 2. The first-order valence-corrected chi connectivity index (χ1v) is 11.4. The monoisotopic (exact) mass is 423 g/mol. The van der Waals surface area contributed by atoms with Gasteiger partial charge in [0.2, 0.25) is 5.91 Å². The van der Waals surface area contributed by atoms with E-state index in [1.807, 2.05) is 35.2 Å². The third kappa shape index (κ3) is 5.85. The Bertz CT molecular complexity index is 763. The molecule has 0 aliphatic carbocycles. The number of hydrogen-bond donors (Lipinski definition) is 1. The number of carbonyl (C=O) groups is 2. The molecule has 1 fully saturated rings. The Morgan fingerprint density at radius 3 is 2.33 bits per heavy atom. The van der Waals surface area contributed by atoms with Crippen molar-refractivity contribution in [1.82, 2.24) is 20.0 Å². The normalized spacial score (nSPS) is 14.3. The largest absolute Gasteiger partial charge is 0.338 e. The summed E-state index contributed by atoms with van der Waals surface area (Å²) in [6.45, 7) is 4.24. The number of aromatic nitrogens is 2. The van der Waals surface area contributed by atoms with Crippen molar-refractivity contribution in [2.24, 2.45) is 0 Å². The number of nitrogens with one attached hydrogen (secondary N) is 1. The number of piperazine rings is 1. The molecular formula is C17H21N5O2S3. The molecule has 10 heteroatoms. The molecule has 1 saturated heterocycles. The van der Waals surface area contributed by atoms with E-state index in [2.05, 4.69) is 22.4 Å². The summed E-state index contributed by atoms with van der Waals surface area (Å²) in [6, 6.07) is 9.25. The Kier molecular flexibility index (Phi) is 7.36. The summed E-state index contributed by atoms with van der Waals surface area (Å²) >= 11 is 4.60. The van der Waals surface area contributed by atoms with E-state index in [0.29, 0.717) is 31.9 Å². The minimum absolute atomic E-state index is 0.0722. The molecule has 1 aromatic carbocycles. The lowest BCUT2D eigenvalue weighted by Crippen LogP contribution is -2.52. The molecule has 1 N–H and O–H groups in total. The molecule has 0 spiro atoms. The van der Waals surface area contributed by atoms with Gasteiger partial charge in [-0.25, -0.2) is 4.79 Å². The van der Waals surface area contributed by atoms with Gasteiger partial charge in [0, 0.05) is 31.9 Å². The van der Waals surface area contributed by atoms with E-state index in [9.17, 15) is 9.59 Å². The van der Waals surface area contributed by atoms with Gasteiger partial charge in [-0.3, -0.25) is 4.79 Å². The van der Waals surface area contributed by atoms with Crippen molar-refractivity contribution >= 4 is 52.5 Å². The molecule has 2 aromatic rings. The van der Waals surface area contributed by atoms with E-state index in [-0.39, 0.29) is 11.9 Å². The van der Waals surface area contributed by atoms with E-state index in [0.717, 1.165) is 20.1 Å². The molecule has 3 amide bonds. The van der Waals surface area contributed by atoms with Crippen LogP contribution in [0.5, 0.6) is 0 Å². The molecule has 0 radical (unpaired) electrons. The number of amides is 3. The summed E-state index contributed by atoms with van der Waals surface area (Å²) in [4.78, 5) is 28.3. The summed E-state index contributed by atoms with van der Waals surface area (Å²) in [5.74, 6) is 1.38. The fourth-order valence-corrected chi connectivity index (χ4v) is 5.35. The maximum absolute atomic E-state index is 12.4. The third-order valence-electron chi connectivity index (χ3n) is 3.92. The van der Waals surface area contributed by atoms with Gasteiger partial charge >= 0.3 is 6.03 Å². The number of para-hydroxylation sites is 1. The smallest absolute Gasteiger partial charge is 0.321 e. The SMILES string of the molecule is CCSc1nnc(SCC(=O)N2CCN(C(=O)Nc3ccccc3)CC2)s1. The third-order valence-corrected chi connectivity index (χ3v) is 6.98. The van der Waals surface area contributed by atoms with Crippen LogP contribution in [-0.4, -0.2) is 69.6 Å². The fourth-order valence-electron chi connectivity index (χ4n) is 2.54. The van der Waals surface area contributed by atoms with Crippen LogP contribution >= 0.6 is 34.9 Å². The van der Waals surface area contributed by atoms with Crippen LogP contribution in [0, 0.1) is 0 Å². The van der Waals surface area contributed by atoms with E-state index in [1.54, 1.807) is 16.7 Å². The van der Waals surface area contributed by atoms with Crippen molar-refractivity contribution in [3.63, 3.8) is 0 Å². The van der Waals surface area contributed by atoms with Crippen LogP contribution in [0.2, 0.25) is 0 Å². The minimum atomic E-state index is -0.127. The lowest BCUT2D eigenvalue weighted by Gasteiger charge is -2.34. The lowest BCUT2D eigenvalue weighted by atomic mass is 10.3. The van der Waals surface area contributed by atoms with Crippen LogP contribution in [0.3, 0.4) is 0 Å². The zero-order valence-corrected chi connectivity index (χ0v) is 17.4. The van der Waals surface area contributed by atoms with Crippen LogP contribution in [0.15, 0.2) is 39.0 Å². The Morgan fingerprint density at radius 1 is 1.04 bits per heavy atom. The molecular weight excluding hydrogens is 402 g/mol. The average Bonchev–Trinajstić information content (AvgIpc) is 3.15. The lowest BCUT2D eigenvalue weighted by molar-refractivity contribution is -0.129. The number of urea groups is 1. The van der Waals surface area contributed by atoms with Crippen molar-refractivity contribution in [3.05, 3.63) is 30.3 Å². The van der Waals surface area contributed by atoms with Gasteiger partial charge in [0.1, 0.15) is 0 Å². The fraction of sp³-hybridized carbons (Fsp3) is 0.412. The first-order chi connectivity index (χ1) is 13.2. The van der Waals surface area contributed by atoms with Gasteiger partial charge in [0.05, 0.1) is 5.75 Å². The van der Waals surface area contributed by atoms with Crippen molar-refractivity contribution < 1.29 is 9.59 Å². The molecule has 1 aromatic heterocycles. The quantitative estimate of drug-likeness (QED) is 0.719. The predicted molar refractivity (Wildman–Crippen MR) is 111 cm³/mol. The molecule has 1 aliphatic heterocycles. The Labute approximate surface area is 170 Å². The number of anilines is 1. The maximum atomic E-state index is 12.4. The van der Waals surface area contributed by atoms with Crippen molar-refractivity contribution in [2.45, 2.75) is 15.6 Å². The maximum Gasteiger partial charge on any atom is 0.321 e. The number of hydrogen-bond acceptors (Lipinski definition) is 7. The summed E-state index contributed by atoms with van der Waals surface area (Å²) in [7, 11) is 0. The number of rotatable bonds is 6. The number of nitrogens with zero attached hydrogens (tertiary/aromatic N) is 4. The second kappa shape index (κ2) is 9.95. The molecule has 0 atom stereocenters. The highest BCUT2D eigenvalue weighted by Gasteiger charge is 2.24. The summed E-state index contributed by atoms with van der Waals surface area (Å²) in [6.07, 6.45) is 0. The van der Waals surface area contributed by atoms with Gasteiger partial charge in [0.15, 0.2) is 8.68 Å². The molecule has 144 valence electrons. The van der Waals surface area contributed by atoms with Gasteiger partial charge < -0.3 is 15.1 Å². The highest BCUT2D eigenvalue weighted by Crippen LogP contribution is 2.28. The van der Waals surface area contributed by atoms with E-state index >= 15 is 0 Å². The van der Waals surface area contributed by atoms with E-state index in [4.69, 9.17) is 0 Å². The van der Waals surface area contributed by atoms with Gasteiger partial charge in [-0.15, -0.1) is 10.2 Å². The van der Waals surface area contributed by atoms with Crippen molar-refractivity contribution in [2.75, 3.05) is 43.0 Å². The summed E-state index contributed by atoms with van der Waals surface area (Å²) in [5.41, 5.74) is 0.773. The van der Waals surface area contributed by atoms with Gasteiger partial charge in [-0.1, -0.05) is 60.0 Å². The zero-order valence-electron chi connectivity index (χ0n) is 15.0. The molecule has 0 bridgehead atoms. The topological polar surface area (TPSA) is 78.4 Å². The molecule has 27 heavy (non-hydrogen) atoms. The van der Waals surface area contributed by atoms with Crippen molar-refractivity contribution in [3.8, 4) is 0 Å². The van der Waals surface area contributed by atoms with Gasteiger partial charge in [-0.2, -0.15) is 0 Å². The highest BCUT2D eigenvalue weighted by atomic mass is 32.2. The van der Waals surface area contributed by atoms with Crippen LogP contribution in [0.1, 0.15) is 6.92 Å². The number of benzene rings is 1. The molecule has 0 saturated carbocycles. The molecule has 0 unspecified atom stereocenters. The van der Waals surface area contributed by atoms with E-state index in [1.165, 1.54) is 23.1 Å². The second-order valence-electron chi connectivity index (χ2n) is 5.72. The average molecular weight is 424 g/mol. The number of thioether (sulfide) groups is 2. The van der Waals surface area contributed by atoms with Gasteiger partial charge in [0.25, 0.3) is 0 Å². The van der Waals surface area contributed by atoms with Crippen LogP contribution in [-0.2, 0) is 4.79 Å². The van der Waals surface area contributed by atoms with Crippen molar-refractivity contribution in [1.29, 1.82) is 0 Å². The standard InChI is InChI=1S/C17H21N5O2S3/c1-2-25-16-19-20-17(27-16)26-12-14(23)21-8-10-22(11-9-21)15(24)18-13-6-4-3-5-7-13/h3-7H,2,8-12H2,1H3,(H,18,24). The highest BCUT2D eigenvalue weighted by molar-refractivity contribution is 8.03. The van der Waals surface area contributed by atoms with Gasteiger partial charge in [-0.05, 0) is 17.9 Å². The summed E-state index contributed by atoms with van der Waals surface area (Å²) < 4.78 is 1.76. The Morgan fingerprint density at radius 2 is 1.67 bits per heavy atom. The second-order valence-corrected chi connectivity index (χ2v) is 9.43. The first kappa shape index (κ1) is 20.0. The molecule has 3 rings (SSSR count). The minimum Gasteiger partial charge on any atom is -0.338 e. The molecule has 7 nitrogen and oxygen atoms in total. The first-order valence-electron chi connectivity index (χ1n) is 8.63. The van der Waals surface area contributed by atoms with Crippen LogP contribution in [0.4, 0.5) is 10.5 Å². The van der Waals surface area contributed by atoms with E-state index < -0.39 is 0 Å². The molecule has 2 heterocycles. The Hall–Kier alpha value is -1.78. The Balaban J connectivity index is 1.41. The summed E-state index contributed by atoms with van der Waals surface area (Å²) in [5, 5.41) is 11.1. The van der Waals surface area contributed by atoms with Crippen LogP contribution < -0.4 is 5.32 Å². The van der Waals surface area contributed by atoms with Crippen LogP contribution in [0.25, 0.3) is 0 Å².